The van der Waals surface area contributed by atoms with Gasteiger partial charge in [-0.2, -0.15) is 0 Å². The number of hydrogen-bond donors (Lipinski definition) is 0. The molecule has 0 spiro atoms. The minimum atomic E-state index is -1.99. The predicted molar refractivity (Wildman–Crippen MR) is 95.6 cm³/mol. The lowest BCUT2D eigenvalue weighted by Gasteiger charge is -2.42. The summed E-state index contributed by atoms with van der Waals surface area (Å²) in [6.45, 7) is 13.6. The fourth-order valence-electron chi connectivity index (χ4n) is 3.86. The molecule has 0 saturated carbocycles. The summed E-state index contributed by atoms with van der Waals surface area (Å²) in [5.41, 5.74) is 1.55. The molecule has 0 heterocycles. The van der Waals surface area contributed by atoms with E-state index >= 15 is 0 Å². The highest BCUT2D eigenvalue weighted by Crippen LogP contribution is 2.44. The third-order valence-electron chi connectivity index (χ3n) is 4.80. The van der Waals surface area contributed by atoms with Gasteiger partial charge in [-0.3, -0.25) is 0 Å². The van der Waals surface area contributed by atoms with Crippen molar-refractivity contribution in [1.82, 2.24) is 0 Å². The van der Waals surface area contributed by atoms with Gasteiger partial charge in [0, 0.05) is 5.39 Å². The molecular formula is C19H27FOSi. The number of hydrogen-bond acceptors (Lipinski definition) is 1. The highest BCUT2D eigenvalue weighted by atomic mass is 28.4. The van der Waals surface area contributed by atoms with Crippen LogP contribution >= 0.6 is 0 Å². The summed E-state index contributed by atoms with van der Waals surface area (Å²) in [7, 11) is -1.99. The fourth-order valence-corrected chi connectivity index (χ4v) is 9.12. The molecule has 0 N–H and O–H groups in total. The molecule has 0 aliphatic carbocycles. The second-order valence-corrected chi connectivity index (χ2v) is 12.4. The molecule has 1 nitrogen and oxygen atoms in total. The Morgan fingerprint density at radius 3 is 2.00 bits per heavy atom. The highest BCUT2D eigenvalue weighted by Gasteiger charge is 2.47. The Kier molecular flexibility index (Phi) is 4.96. The molecule has 2 rings (SSSR count). The third-order valence-corrected chi connectivity index (χ3v) is 10.8. The van der Waals surface area contributed by atoms with E-state index in [9.17, 15) is 4.39 Å². The minimum Gasteiger partial charge on any atom is -0.542 e. The van der Waals surface area contributed by atoms with E-state index in [0.29, 0.717) is 16.6 Å². The van der Waals surface area contributed by atoms with Crippen molar-refractivity contribution in [1.29, 1.82) is 0 Å². The lowest BCUT2D eigenvalue weighted by molar-refractivity contribution is 0.484. The molecule has 0 aromatic heterocycles. The molecule has 2 aromatic carbocycles. The molecule has 0 fully saturated rings. The number of rotatable bonds is 5. The van der Waals surface area contributed by atoms with Gasteiger partial charge in [0.25, 0.3) is 8.32 Å². The molecule has 0 saturated heterocycles. The molecule has 22 heavy (non-hydrogen) atoms. The van der Waals surface area contributed by atoms with E-state index < -0.39 is 8.32 Å². The van der Waals surface area contributed by atoms with Gasteiger partial charge in [-0.05, 0) is 46.3 Å². The Morgan fingerprint density at radius 1 is 0.864 bits per heavy atom. The van der Waals surface area contributed by atoms with Gasteiger partial charge < -0.3 is 4.43 Å². The maximum absolute atomic E-state index is 13.5. The lowest BCUT2D eigenvalue weighted by Crippen LogP contribution is -2.50. The van der Waals surface area contributed by atoms with Gasteiger partial charge in [-0.1, -0.05) is 53.7 Å². The van der Waals surface area contributed by atoms with Crippen molar-refractivity contribution in [2.24, 2.45) is 0 Å². The average Bonchev–Trinajstić information content (AvgIpc) is 2.43. The van der Waals surface area contributed by atoms with Crippen LogP contribution in [0.4, 0.5) is 4.39 Å². The first-order valence-electron chi connectivity index (χ1n) is 8.16. The summed E-state index contributed by atoms with van der Waals surface area (Å²) >= 11 is 0. The van der Waals surface area contributed by atoms with Crippen LogP contribution in [-0.2, 0) is 0 Å². The number of halogens is 1. The van der Waals surface area contributed by atoms with Crippen LogP contribution in [0.5, 0.6) is 5.75 Å². The predicted octanol–water partition coefficient (Wildman–Crippen LogP) is 6.53. The van der Waals surface area contributed by atoms with Gasteiger partial charge in [0.15, 0.2) is 0 Å². The summed E-state index contributed by atoms with van der Waals surface area (Å²) in [4.78, 5) is 0. The molecule has 0 amide bonds. The first-order valence-corrected chi connectivity index (χ1v) is 10.3. The van der Waals surface area contributed by atoms with Crippen LogP contribution in [0, 0.1) is 5.82 Å². The summed E-state index contributed by atoms with van der Waals surface area (Å²) in [5, 5.41) is 1.90. The van der Waals surface area contributed by atoms with E-state index in [2.05, 4.69) is 41.5 Å². The first kappa shape index (κ1) is 17.0. The van der Waals surface area contributed by atoms with Crippen LogP contribution in [0.1, 0.15) is 41.5 Å². The van der Waals surface area contributed by atoms with Crippen LogP contribution in [0.25, 0.3) is 10.8 Å². The second-order valence-electron chi connectivity index (χ2n) is 7.04. The van der Waals surface area contributed by atoms with Crippen molar-refractivity contribution in [2.75, 3.05) is 0 Å². The Labute approximate surface area is 134 Å². The third kappa shape index (κ3) is 2.91. The zero-order valence-corrected chi connectivity index (χ0v) is 15.5. The standard InChI is InChI=1S/C19H27FOSi/c1-13(2)22(14(3)4,15(5)6)21-19-9-7-8-16-12-17(20)10-11-18(16)19/h7-15H,1-6H3. The van der Waals surface area contributed by atoms with E-state index in [1.54, 1.807) is 6.07 Å². The fraction of sp³-hybridized carbons (Fsp3) is 0.474. The van der Waals surface area contributed by atoms with Crippen molar-refractivity contribution in [3.05, 3.63) is 42.2 Å². The van der Waals surface area contributed by atoms with Gasteiger partial charge in [-0.25, -0.2) is 4.39 Å². The molecule has 0 radical (unpaired) electrons. The van der Waals surface area contributed by atoms with Crippen molar-refractivity contribution in [2.45, 2.75) is 58.2 Å². The monoisotopic (exact) mass is 318 g/mol. The quantitative estimate of drug-likeness (QED) is 0.569. The maximum Gasteiger partial charge on any atom is 0.258 e. The zero-order valence-electron chi connectivity index (χ0n) is 14.5. The average molecular weight is 319 g/mol. The number of fused-ring (bicyclic) bond motifs is 1. The van der Waals surface area contributed by atoms with Crippen LogP contribution < -0.4 is 4.43 Å². The Balaban J connectivity index is 2.56. The summed E-state index contributed by atoms with van der Waals surface area (Å²) < 4.78 is 20.2. The SMILES string of the molecule is CC(C)[Si](Oc1cccc2cc(F)ccc12)(C(C)C)C(C)C. The highest BCUT2D eigenvalue weighted by molar-refractivity contribution is 6.78. The van der Waals surface area contributed by atoms with Gasteiger partial charge in [0.1, 0.15) is 11.6 Å². The molecule has 0 atom stereocenters. The molecular weight excluding hydrogens is 291 g/mol. The maximum atomic E-state index is 13.5. The van der Waals surface area contributed by atoms with Gasteiger partial charge in [-0.15, -0.1) is 0 Å². The van der Waals surface area contributed by atoms with E-state index in [4.69, 9.17) is 4.43 Å². The number of benzene rings is 2. The van der Waals surface area contributed by atoms with E-state index in [-0.39, 0.29) is 5.82 Å². The van der Waals surface area contributed by atoms with Crippen molar-refractivity contribution in [3.8, 4) is 5.75 Å². The van der Waals surface area contributed by atoms with E-state index in [0.717, 1.165) is 16.5 Å². The second kappa shape index (κ2) is 6.41. The molecule has 120 valence electrons. The van der Waals surface area contributed by atoms with Gasteiger partial charge >= 0.3 is 0 Å². The van der Waals surface area contributed by atoms with Crippen LogP contribution in [0.2, 0.25) is 16.6 Å². The Bertz CT molecular complexity index is 627. The molecule has 0 unspecified atom stereocenters. The molecule has 3 heteroatoms. The van der Waals surface area contributed by atoms with Gasteiger partial charge in [0.2, 0.25) is 0 Å². The van der Waals surface area contributed by atoms with Crippen molar-refractivity contribution < 1.29 is 8.82 Å². The summed E-state index contributed by atoms with van der Waals surface area (Å²) in [6.07, 6.45) is 0. The molecule has 0 aliphatic rings. The Morgan fingerprint density at radius 2 is 1.45 bits per heavy atom. The minimum absolute atomic E-state index is 0.204. The Hall–Kier alpha value is -1.35. The van der Waals surface area contributed by atoms with Crippen LogP contribution in [-0.4, -0.2) is 8.32 Å². The topological polar surface area (TPSA) is 9.23 Å². The lowest BCUT2D eigenvalue weighted by atomic mass is 10.1. The van der Waals surface area contributed by atoms with Crippen molar-refractivity contribution >= 4 is 19.1 Å². The summed E-state index contributed by atoms with van der Waals surface area (Å²) in [5.74, 6) is 0.699. The van der Waals surface area contributed by atoms with E-state index in [1.807, 2.05) is 24.3 Å². The zero-order chi connectivity index (χ0) is 16.5. The van der Waals surface area contributed by atoms with Crippen LogP contribution in [0.15, 0.2) is 36.4 Å². The molecule has 2 aromatic rings. The van der Waals surface area contributed by atoms with E-state index in [1.165, 1.54) is 6.07 Å². The largest absolute Gasteiger partial charge is 0.542 e. The molecule has 0 bridgehead atoms. The smallest absolute Gasteiger partial charge is 0.258 e. The van der Waals surface area contributed by atoms with Crippen molar-refractivity contribution in [3.63, 3.8) is 0 Å². The summed E-state index contributed by atoms with van der Waals surface area (Å²) in [6, 6.07) is 10.8. The van der Waals surface area contributed by atoms with Gasteiger partial charge in [0.05, 0.1) is 0 Å². The molecule has 0 aliphatic heterocycles. The normalized spacial score (nSPS) is 12.6. The van der Waals surface area contributed by atoms with Crippen LogP contribution in [0.3, 0.4) is 0 Å². The first-order chi connectivity index (χ1) is 10.3.